The number of carbonyl (C=O) groups excluding carboxylic acids is 1. The molecule has 0 radical (unpaired) electrons. The Balaban J connectivity index is 1.84. The molecule has 5 nitrogen and oxygen atoms in total. The third-order valence-electron chi connectivity index (χ3n) is 2.51. The smallest absolute Gasteiger partial charge is 0.262 e. The van der Waals surface area contributed by atoms with Crippen LogP contribution in [0, 0.1) is 0 Å². The van der Waals surface area contributed by atoms with Crippen LogP contribution < -0.4 is 10.1 Å². The summed E-state index contributed by atoms with van der Waals surface area (Å²) >= 11 is 0. The van der Waals surface area contributed by atoms with Gasteiger partial charge in [0.05, 0.1) is 6.21 Å². The predicted molar refractivity (Wildman–Crippen MR) is 76.4 cm³/mol. The lowest BCUT2D eigenvalue weighted by Crippen LogP contribution is -2.20. The zero-order chi connectivity index (χ0) is 14.2. The highest BCUT2D eigenvalue weighted by atomic mass is 16.5. The maximum atomic E-state index is 11.7. The molecular weight excluding hydrogens is 256 g/mol. The second kappa shape index (κ2) is 6.94. The van der Waals surface area contributed by atoms with Crippen molar-refractivity contribution in [3.63, 3.8) is 0 Å². The average molecular weight is 270 g/mol. The van der Waals surface area contributed by atoms with Gasteiger partial charge in [-0.1, -0.05) is 23.4 Å². The Kier molecular flexibility index (Phi) is 4.72. The molecule has 0 atom stereocenters. The van der Waals surface area contributed by atoms with Crippen LogP contribution in [0.3, 0.4) is 0 Å². The van der Waals surface area contributed by atoms with E-state index in [0.29, 0.717) is 5.75 Å². The van der Waals surface area contributed by atoms with Crippen molar-refractivity contribution in [3.8, 4) is 5.75 Å². The molecule has 0 aliphatic heterocycles. The number of amides is 1. The molecule has 0 aliphatic rings. The van der Waals surface area contributed by atoms with Gasteiger partial charge < -0.3 is 15.3 Å². The highest BCUT2D eigenvalue weighted by molar-refractivity contribution is 5.91. The van der Waals surface area contributed by atoms with Crippen LogP contribution in [0.15, 0.2) is 59.8 Å². The van der Waals surface area contributed by atoms with Gasteiger partial charge in [0, 0.05) is 5.69 Å². The van der Waals surface area contributed by atoms with Gasteiger partial charge in [-0.05, 0) is 42.0 Å². The van der Waals surface area contributed by atoms with Crippen molar-refractivity contribution in [2.75, 3.05) is 11.9 Å². The number of rotatable bonds is 5. The molecule has 2 aromatic carbocycles. The van der Waals surface area contributed by atoms with Gasteiger partial charge in [0.2, 0.25) is 0 Å². The van der Waals surface area contributed by atoms with Crippen molar-refractivity contribution >= 4 is 17.8 Å². The molecule has 102 valence electrons. The van der Waals surface area contributed by atoms with Crippen molar-refractivity contribution in [2.24, 2.45) is 5.16 Å². The SMILES string of the molecule is O=C(COc1ccc(/C=N\O)cc1)Nc1ccccc1. The molecule has 0 saturated carbocycles. The van der Waals surface area contributed by atoms with Crippen LogP contribution in [-0.2, 0) is 4.79 Å². The molecule has 0 aliphatic carbocycles. The van der Waals surface area contributed by atoms with E-state index in [1.54, 1.807) is 36.4 Å². The largest absolute Gasteiger partial charge is 0.484 e. The number of hydrogen-bond donors (Lipinski definition) is 2. The maximum absolute atomic E-state index is 11.7. The van der Waals surface area contributed by atoms with Gasteiger partial charge in [0.1, 0.15) is 5.75 Å². The molecule has 0 unspecified atom stereocenters. The van der Waals surface area contributed by atoms with Crippen molar-refractivity contribution in [1.29, 1.82) is 0 Å². The van der Waals surface area contributed by atoms with Crippen LogP contribution in [0.5, 0.6) is 5.75 Å². The van der Waals surface area contributed by atoms with Gasteiger partial charge in [-0.25, -0.2) is 0 Å². The Bertz CT molecular complexity index is 580. The number of benzene rings is 2. The fraction of sp³-hybridized carbons (Fsp3) is 0.0667. The van der Waals surface area contributed by atoms with Crippen LogP contribution in [0.2, 0.25) is 0 Å². The Morgan fingerprint density at radius 2 is 1.85 bits per heavy atom. The number of nitrogens with zero attached hydrogens (tertiary/aromatic N) is 1. The van der Waals surface area contributed by atoms with Gasteiger partial charge in [-0.3, -0.25) is 4.79 Å². The topological polar surface area (TPSA) is 70.9 Å². The lowest BCUT2D eigenvalue weighted by molar-refractivity contribution is -0.118. The fourth-order valence-electron chi connectivity index (χ4n) is 1.58. The minimum Gasteiger partial charge on any atom is -0.484 e. The molecule has 20 heavy (non-hydrogen) atoms. The Hall–Kier alpha value is -2.82. The van der Waals surface area contributed by atoms with Crippen molar-refractivity contribution in [1.82, 2.24) is 0 Å². The fourth-order valence-corrected chi connectivity index (χ4v) is 1.58. The summed E-state index contributed by atoms with van der Waals surface area (Å²) in [6, 6.07) is 16.0. The lowest BCUT2D eigenvalue weighted by atomic mass is 10.2. The first-order valence-corrected chi connectivity index (χ1v) is 6.03. The van der Waals surface area contributed by atoms with Crippen LogP contribution in [0.25, 0.3) is 0 Å². The molecule has 2 N–H and O–H groups in total. The second-order valence-corrected chi connectivity index (χ2v) is 4.02. The normalized spacial score (nSPS) is 10.4. The lowest BCUT2D eigenvalue weighted by Gasteiger charge is -2.07. The van der Waals surface area contributed by atoms with Crippen LogP contribution in [-0.4, -0.2) is 23.9 Å². The van der Waals surface area contributed by atoms with Gasteiger partial charge in [-0.15, -0.1) is 0 Å². The second-order valence-electron chi connectivity index (χ2n) is 4.02. The van der Waals surface area contributed by atoms with E-state index in [4.69, 9.17) is 9.94 Å². The summed E-state index contributed by atoms with van der Waals surface area (Å²) < 4.78 is 5.35. The maximum Gasteiger partial charge on any atom is 0.262 e. The number of ether oxygens (including phenoxy) is 1. The highest BCUT2D eigenvalue weighted by Crippen LogP contribution is 2.11. The Morgan fingerprint density at radius 1 is 1.15 bits per heavy atom. The van der Waals surface area contributed by atoms with E-state index < -0.39 is 0 Å². The van der Waals surface area contributed by atoms with E-state index in [0.717, 1.165) is 11.3 Å². The first kappa shape index (κ1) is 13.6. The van der Waals surface area contributed by atoms with Crippen molar-refractivity contribution < 1.29 is 14.7 Å². The summed E-state index contributed by atoms with van der Waals surface area (Å²) in [5.41, 5.74) is 1.48. The molecular formula is C15H14N2O3. The standard InChI is InChI=1S/C15H14N2O3/c18-15(17-13-4-2-1-3-5-13)11-20-14-8-6-12(7-9-14)10-16-19/h1-10,19H,11H2,(H,17,18)/b16-10-. The first-order chi connectivity index (χ1) is 9.78. The Labute approximate surface area is 116 Å². The number of anilines is 1. The molecule has 0 bridgehead atoms. The molecule has 0 heterocycles. The number of para-hydroxylation sites is 1. The molecule has 0 aromatic heterocycles. The number of oxime groups is 1. The van der Waals surface area contributed by atoms with Gasteiger partial charge >= 0.3 is 0 Å². The van der Waals surface area contributed by atoms with E-state index in [2.05, 4.69) is 10.5 Å². The first-order valence-electron chi connectivity index (χ1n) is 6.03. The molecule has 5 heteroatoms. The van der Waals surface area contributed by atoms with Gasteiger partial charge in [-0.2, -0.15) is 0 Å². The summed E-state index contributed by atoms with van der Waals surface area (Å²) in [6.45, 7) is -0.0671. The Morgan fingerprint density at radius 3 is 2.50 bits per heavy atom. The minimum absolute atomic E-state index is 0.0671. The summed E-state index contributed by atoms with van der Waals surface area (Å²) in [7, 11) is 0. The minimum atomic E-state index is -0.225. The van der Waals surface area contributed by atoms with E-state index in [1.165, 1.54) is 6.21 Å². The number of nitrogens with one attached hydrogen (secondary N) is 1. The quantitative estimate of drug-likeness (QED) is 0.498. The summed E-state index contributed by atoms with van der Waals surface area (Å²) in [5, 5.41) is 14.0. The summed E-state index contributed by atoms with van der Waals surface area (Å²) in [4.78, 5) is 11.7. The molecule has 1 amide bonds. The zero-order valence-corrected chi connectivity index (χ0v) is 10.7. The third-order valence-corrected chi connectivity index (χ3v) is 2.51. The molecule has 2 aromatic rings. The zero-order valence-electron chi connectivity index (χ0n) is 10.7. The van der Waals surface area contributed by atoms with E-state index in [-0.39, 0.29) is 12.5 Å². The predicted octanol–water partition coefficient (Wildman–Crippen LogP) is 2.51. The number of hydrogen-bond acceptors (Lipinski definition) is 4. The summed E-state index contributed by atoms with van der Waals surface area (Å²) in [5.74, 6) is 0.348. The molecule has 0 saturated heterocycles. The van der Waals surface area contributed by atoms with Crippen LogP contribution in [0.1, 0.15) is 5.56 Å². The van der Waals surface area contributed by atoms with E-state index in [9.17, 15) is 4.79 Å². The van der Waals surface area contributed by atoms with Crippen LogP contribution in [0.4, 0.5) is 5.69 Å². The monoisotopic (exact) mass is 270 g/mol. The van der Waals surface area contributed by atoms with E-state index in [1.807, 2.05) is 18.2 Å². The van der Waals surface area contributed by atoms with Crippen molar-refractivity contribution in [2.45, 2.75) is 0 Å². The molecule has 0 fully saturated rings. The van der Waals surface area contributed by atoms with Gasteiger partial charge in [0.15, 0.2) is 6.61 Å². The molecule has 2 rings (SSSR count). The third kappa shape index (κ3) is 4.13. The van der Waals surface area contributed by atoms with E-state index >= 15 is 0 Å². The number of carbonyl (C=O) groups is 1. The summed E-state index contributed by atoms with van der Waals surface area (Å²) in [6.07, 6.45) is 1.31. The highest BCUT2D eigenvalue weighted by Gasteiger charge is 2.03. The van der Waals surface area contributed by atoms with Crippen molar-refractivity contribution in [3.05, 3.63) is 60.2 Å². The average Bonchev–Trinajstić information content (AvgIpc) is 2.48. The van der Waals surface area contributed by atoms with Gasteiger partial charge in [0.25, 0.3) is 5.91 Å². The van der Waals surface area contributed by atoms with Crippen LogP contribution >= 0.6 is 0 Å². The molecule has 0 spiro atoms.